The van der Waals surface area contributed by atoms with Gasteiger partial charge in [0.25, 0.3) is 0 Å². The summed E-state index contributed by atoms with van der Waals surface area (Å²) in [7, 11) is 3.08. The van der Waals surface area contributed by atoms with Crippen molar-refractivity contribution in [2.24, 2.45) is 0 Å². The SMILES string of the molecule is COc1cc(CCC(=O)Nc2ccc(Cl)cc2)cc(Cl)c1OC. The second-order valence-electron chi connectivity index (χ2n) is 4.87. The van der Waals surface area contributed by atoms with Gasteiger partial charge in [0.1, 0.15) is 0 Å². The van der Waals surface area contributed by atoms with Gasteiger partial charge in [-0.3, -0.25) is 4.79 Å². The molecule has 0 fully saturated rings. The van der Waals surface area contributed by atoms with Crippen LogP contribution in [0.3, 0.4) is 0 Å². The van der Waals surface area contributed by atoms with Crippen LogP contribution in [0.1, 0.15) is 12.0 Å². The second-order valence-corrected chi connectivity index (χ2v) is 5.71. The molecule has 0 saturated carbocycles. The van der Waals surface area contributed by atoms with Crippen molar-refractivity contribution < 1.29 is 14.3 Å². The smallest absolute Gasteiger partial charge is 0.224 e. The highest BCUT2D eigenvalue weighted by molar-refractivity contribution is 6.32. The Morgan fingerprint density at radius 3 is 2.39 bits per heavy atom. The molecule has 0 aliphatic heterocycles. The van der Waals surface area contributed by atoms with E-state index in [4.69, 9.17) is 32.7 Å². The minimum Gasteiger partial charge on any atom is -0.493 e. The van der Waals surface area contributed by atoms with Gasteiger partial charge in [0.2, 0.25) is 5.91 Å². The van der Waals surface area contributed by atoms with E-state index in [1.54, 1.807) is 37.4 Å². The zero-order chi connectivity index (χ0) is 16.8. The van der Waals surface area contributed by atoms with Crippen LogP contribution in [0.25, 0.3) is 0 Å². The summed E-state index contributed by atoms with van der Waals surface area (Å²) in [5.74, 6) is 0.954. The van der Waals surface area contributed by atoms with Crippen molar-refractivity contribution in [3.8, 4) is 11.5 Å². The summed E-state index contributed by atoms with van der Waals surface area (Å²) >= 11 is 12.0. The Bertz CT molecular complexity index is 687. The summed E-state index contributed by atoms with van der Waals surface area (Å²) in [5, 5.41) is 3.90. The number of methoxy groups -OCH3 is 2. The standard InChI is InChI=1S/C17H17Cl2NO3/c1-22-15-10-11(9-14(19)17(15)23-2)3-8-16(21)20-13-6-4-12(18)5-7-13/h4-7,9-10H,3,8H2,1-2H3,(H,20,21). The maximum absolute atomic E-state index is 12.0. The van der Waals surface area contributed by atoms with Gasteiger partial charge >= 0.3 is 0 Å². The average molecular weight is 354 g/mol. The third-order valence-electron chi connectivity index (χ3n) is 3.26. The number of benzene rings is 2. The van der Waals surface area contributed by atoms with Crippen LogP contribution in [-0.4, -0.2) is 20.1 Å². The number of rotatable bonds is 6. The molecule has 0 aliphatic rings. The first-order valence-corrected chi connectivity index (χ1v) is 7.75. The van der Waals surface area contributed by atoms with E-state index >= 15 is 0 Å². The third-order valence-corrected chi connectivity index (χ3v) is 3.79. The lowest BCUT2D eigenvalue weighted by Gasteiger charge is -2.12. The van der Waals surface area contributed by atoms with E-state index in [0.717, 1.165) is 5.56 Å². The van der Waals surface area contributed by atoms with Gasteiger partial charge in [0.05, 0.1) is 19.2 Å². The molecule has 0 aliphatic carbocycles. The molecule has 4 nitrogen and oxygen atoms in total. The van der Waals surface area contributed by atoms with Gasteiger partial charge in [0.15, 0.2) is 11.5 Å². The fourth-order valence-electron chi connectivity index (χ4n) is 2.13. The molecule has 1 amide bonds. The topological polar surface area (TPSA) is 47.6 Å². The molecule has 2 aromatic carbocycles. The molecular weight excluding hydrogens is 337 g/mol. The number of amides is 1. The zero-order valence-corrected chi connectivity index (χ0v) is 14.4. The monoisotopic (exact) mass is 353 g/mol. The predicted molar refractivity (Wildman–Crippen MR) is 93.0 cm³/mol. The molecule has 0 saturated heterocycles. The number of carbonyl (C=O) groups is 1. The maximum Gasteiger partial charge on any atom is 0.224 e. The minimum absolute atomic E-state index is 0.0850. The fourth-order valence-corrected chi connectivity index (χ4v) is 2.57. The number of aryl methyl sites for hydroxylation is 1. The lowest BCUT2D eigenvalue weighted by molar-refractivity contribution is -0.116. The Morgan fingerprint density at radius 2 is 1.78 bits per heavy atom. The van der Waals surface area contributed by atoms with E-state index in [0.29, 0.717) is 40.1 Å². The first kappa shape index (κ1) is 17.4. The van der Waals surface area contributed by atoms with Crippen molar-refractivity contribution in [1.29, 1.82) is 0 Å². The summed E-state index contributed by atoms with van der Waals surface area (Å²) in [6, 6.07) is 10.6. The van der Waals surface area contributed by atoms with Crippen molar-refractivity contribution in [2.45, 2.75) is 12.8 Å². The molecule has 6 heteroatoms. The number of anilines is 1. The highest BCUT2D eigenvalue weighted by Gasteiger charge is 2.12. The normalized spacial score (nSPS) is 10.3. The van der Waals surface area contributed by atoms with Crippen molar-refractivity contribution in [1.82, 2.24) is 0 Å². The largest absolute Gasteiger partial charge is 0.493 e. The van der Waals surface area contributed by atoms with E-state index in [2.05, 4.69) is 5.32 Å². The van der Waals surface area contributed by atoms with Gasteiger partial charge in [0, 0.05) is 17.1 Å². The lowest BCUT2D eigenvalue weighted by atomic mass is 10.1. The van der Waals surface area contributed by atoms with Crippen LogP contribution in [0.5, 0.6) is 11.5 Å². The van der Waals surface area contributed by atoms with E-state index < -0.39 is 0 Å². The molecular formula is C17H17Cl2NO3. The third kappa shape index (κ3) is 4.78. The summed E-state index contributed by atoms with van der Waals surface area (Å²) in [4.78, 5) is 12.0. The number of halogens is 2. The van der Waals surface area contributed by atoms with E-state index in [-0.39, 0.29) is 5.91 Å². The Kier molecular flexibility index (Phi) is 6.13. The van der Waals surface area contributed by atoms with Crippen molar-refractivity contribution >= 4 is 34.8 Å². The second kappa shape index (κ2) is 8.09. The van der Waals surface area contributed by atoms with E-state index in [9.17, 15) is 4.79 Å². The summed E-state index contributed by atoms with van der Waals surface area (Å²) in [5.41, 5.74) is 1.61. The molecule has 0 unspecified atom stereocenters. The number of nitrogens with one attached hydrogen (secondary N) is 1. The predicted octanol–water partition coefficient (Wildman–Crippen LogP) is 4.58. The molecule has 0 radical (unpaired) electrons. The minimum atomic E-state index is -0.0850. The van der Waals surface area contributed by atoms with Crippen LogP contribution in [0.15, 0.2) is 36.4 Å². The molecule has 2 aromatic rings. The van der Waals surface area contributed by atoms with Crippen molar-refractivity contribution in [3.63, 3.8) is 0 Å². The van der Waals surface area contributed by atoms with Gasteiger partial charge in [-0.25, -0.2) is 0 Å². The lowest BCUT2D eigenvalue weighted by Crippen LogP contribution is -2.12. The Balaban J connectivity index is 1.98. The molecule has 0 bridgehead atoms. The Morgan fingerprint density at radius 1 is 1.09 bits per heavy atom. The number of hydrogen-bond acceptors (Lipinski definition) is 3. The van der Waals surface area contributed by atoms with Gasteiger partial charge in [-0.1, -0.05) is 23.2 Å². The first-order chi connectivity index (χ1) is 11.0. The highest BCUT2D eigenvalue weighted by atomic mass is 35.5. The fraction of sp³-hybridized carbons (Fsp3) is 0.235. The first-order valence-electron chi connectivity index (χ1n) is 6.99. The Hall–Kier alpha value is -1.91. The molecule has 1 N–H and O–H groups in total. The Labute approximate surface area is 145 Å². The van der Waals surface area contributed by atoms with E-state index in [1.807, 2.05) is 6.07 Å². The number of hydrogen-bond donors (Lipinski definition) is 1. The van der Waals surface area contributed by atoms with Gasteiger partial charge in [-0.2, -0.15) is 0 Å². The van der Waals surface area contributed by atoms with Gasteiger partial charge in [-0.15, -0.1) is 0 Å². The van der Waals surface area contributed by atoms with Crippen LogP contribution in [0.4, 0.5) is 5.69 Å². The molecule has 0 aromatic heterocycles. The van der Waals surface area contributed by atoms with Crippen LogP contribution >= 0.6 is 23.2 Å². The van der Waals surface area contributed by atoms with Gasteiger partial charge in [-0.05, 0) is 48.4 Å². The van der Waals surface area contributed by atoms with Crippen molar-refractivity contribution in [3.05, 3.63) is 52.0 Å². The number of ether oxygens (including phenoxy) is 2. The average Bonchev–Trinajstić information content (AvgIpc) is 2.54. The molecule has 2 rings (SSSR count). The van der Waals surface area contributed by atoms with Crippen LogP contribution in [0.2, 0.25) is 10.0 Å². The molecule has 122 valence electrons. The van der Waals surface area contributed by atoms with Crippen LogP contribution < -0.4 is 14.8 Å². The van der Waals surface area contributed by atoms with Gasteiger partial charge < -0.3 is 14.8 Å². The van der Waals surface area contributed by atoms with Crippen molar-refractivity contribution in [2.75, 3.05) is 19.5 Å². The summed E-state index contributed by atoms with van der Waals surface area (Å²) in [6.07, 6.45) is 0.869. The molecule has 23 heavy (non-hydrogen) atoms. The number of carbonyl (C=O) groups excluding carboxylic acids is 1. The highest BCUT2D eigenvalue weighted by Crippen LogP contribution is 2.36. The quantitative estimate of drug-likeness (QED) is 0.826. The summed E-state index contributed by atoms with van der Waals surface area (Å²) < 4.78 is 10.4. The molecule has 0 spiro atoms. The maximum atomic E-state index is 12.0. The summed E-state index contributed by atoms with van der Waals surface area (Å²) in [6.45, 7) is 0. The zero-order valence-electron chi connectivity index (χ0n) is 12.9. The van der Waals surface area contributed by atoms with Crippen LogP contribution in [-0.2, 0) is 11.2 Å². The van der Waals surface area contributed by atoms with E-state index in [1.165, 1.54) is 7.11 Å². The van der Waals surface area contributed by atoms with Crippen LogP contribution in [0, 0.1) is 0 Å². The molecule has 0 atom stereocenters. The molecule has 0 heterocycles.